The molecule has 0 atom stereocenters. The van der Waals surface area contributed by atoms with Crippen LogP contribution in [-0.4, -0.2) is 32.9 Å². The van der Waals surface area contributed by atoms with Crippen LogP contribution in [0.2, 0.25) is 0 Å². The highest BCUT2D eigenvalue weighted by molar-refractivity contribution is 9.10. The zero-order chi connectivity index (χ0) is 16.4. The average Bonchev–Trinajstić information content (AvgIpc) is 2.92. The van der Waals surface area contributed by atoms with E-state index in [-0.39, 0.29) is 18.1 Å². The van der Waals surface area contributed by atoms with Crippen molar-refractivity contribution in [1.82, 2.24) is 15.1 Å². The molecule has 2 aromatic rings. The Bertz CT molecular complexity index is 688. The minimum absolute atomic E-state index is 0.0905. The summed E-state index contributed by atoms with van der Waals surface area (Å²) in [4.78, 5) is 12.5. The molecule has 0 unspecified atom stereocenters. The number of nitrogens with zero attached hydrogens (tertiary/aromatic N) is 2. The Labute approximate surface area is 143 Å². The van der Waals surface area contributed by atoms with Gasteiger partial charge in [-0.05, 0) is 56.9 Å². The number of aliphatic hydroxyl groups excluding tert-OH is 1. The van der Waals surface area contributed by atoms with Crippen molar-refractivity contribution in [2.24, 2.45) is 0 Å². The van der Waals surface area contributed by atoms with Gasteiger partial charge in [-0.25, -0.2) is 4.68 Å². The average molecular weight is 378 g/mol. The van der Waals surface area contributed by atoms with Crippen LogP contribution < -0.4 is 5.32 Å². The van der Waals surface area contributed by atoms with Crippen molar-refractivity contribution in [2.75, 3.05) is 0 Å². The number of rotatable bonds is 3. The first-order valence-electron chi connectivity index (χ1n) is 7.84. The largest absolute Gasteiger partial charge is 0.393 e. The first kappa shape index (κ1) is 16.2. The predicted molar refractivity (Wildman–Crippen MR) is 91.7 cm³/mol. The van der Waals surface area contributed by atoms with Crippen LogP contribution in [0.5, 0.6) is 0 Å². The second kappa shape index (κ2) is 6.84. The van der Waals surface area contributed by atoms with Gasteiger partial charge in [0.2, 0.25) is 0 Å². The van der Waals surface area contributed by atoms with Crippen molar-refractivity contribution < 1.29 is 9.90 Å². The highest BCUT2D eigenvalue weighted by Crippen LogP contribution is 2.20. The van der Waals surface area contributed by atoms with Gasteiger partial charge in [0.05, 0.1) is 29.2 Å². The van der Waals surface area contributed by atoms with E-state index in [1.807, 2.05) is 31.2 Å². The van der Waals surface area contributed by atoms with Gasteiger partial charge >= 0.3 is 0 Å². The summed E-state index contributed by atoms with van der Waals surface area (Å²) in [6.07, 6.45) is 4.55. The quantitative estimate of drug-likeness (QED) is 0.863. The number of aromatic nitrogens is 2. The molecule has 2 N–H and O–H groups in total. The smallest absolute Gasteiger partial charge is 0.254 e. The number of aliphatic hydroxyl groups is 1. The molecule has 0 spiro atoms. The van der Waals surface area contributed by atoms with Gasteiger partial charge < -0.3 is 10.4 Å². The second-order valence-corrected chi connectivity index (χ2v) is 6.93. The maximum atomic E-state index is 12.5. The third-order valence-electron chi connectivity index (χ3n) is 4.36. The number of nitrogens with one attached hydrogen (secondary N) is 1. The summed E-state index contributed by atoms with van der Waals surface area (Å²) in [5, 5.41) is 16.9. The fraction of sp³-hybridized carbons (Fsp3) is 0.412. The summed E-state index contributed by atoms with van der Waals surface area (Å²) < 4.78 is 2.77. The number of carbonyl (C=O) groups is 1. The predicted octanol–water partition coefficient (Wildman–Crippen LogP) is 2.98. The minimum atomic E-state index is -0.218. The third kappa shape index (κ3) is 3.64. The topological polar surface area (TPSA) is 67.2 Å². The molecule has 1 aliphatic carbocycles. The molecule has 1 heterocycles. The van der Waals surface area contributed by atoms with Crippen molar-refractivity contribution in [3.8, 4) is 5.69 Å². The van der Waals surface area contributed by atoms with Gasteiger partial charge in [-0.15, -0.1) is 0 Å². The van der Waals surface area contributed by atoms with Crippen LogP contribution in [0.3, 0.4) is 0 Å². The summed E-state index contributed by atoms with van der Waals surface area (Å²) in [6, 6.07) is 7.94. The zero-order valence-electron chi connectivity index (χ0n) is 13.0. The Balaban J connectivity index is 1.73. The molecule has 6 heteroatoms. The van der Waals surface area contributed by atoms with Crippen LogP contribution >= 0.6 is 15.9 Å². The Morgan fingerprint density at radius 3 is 2.57 bits per heavy atom. The molecule has 5 nitrogen and oxygen atoms in total. The number of hydrogen-bond acceptors (Lipinski definition) is 3. The maximum absolute atomic E-state index is 12.5. The van der Waals surface area contributed by atoms with Gasteiger partial charge in [-0.3, -0.25) is 4.79 Å². The molecule has 1 fully saturated rings. The fourth-order valence-corrected chi connectivity index (χ4v) is 3.22. The number of halogens is 1. The lowest BCUT2D eigenvalue weighted by molar-refractivity contribution is 0.0867. The van der Waals surface area contributed by atoms with E-state index in [1.54, 1.807) is 10.9 Å². The molecule has 1 saturated carbocycles. The van der Waals surface area contributed by atoms with E-state index in [2.05, 4.69) is 26.3 Å². The van der Waals surface area contributed by atoms with E-state index >= 15 is 0 Å². The SMILES string of the molecule is Cc1c(C(=O)NC2CCC(O)CC2)cnn1-c1ccc(Br)cc1. The molecule has 1 aliphatic rings. The fourth-order valence-electron chi connectivity index (χ4n) is 2.96. The van der Waals surface area contributed by atoms with E-state index in [0.717, 1.165) is 41.5 Å². The number of amides is 1. The lowest BCUT2D eigenvalue weighted by Crippen LogP contribution is -2.38. The molecule has 0 saturated heterocycles. The molecular formula is C17H20BrN3O2. The Hall–Kier alpha value is -1.66. The van der Waals surface area contributed by atoms with Crippen molar-refractivity contribution in [3.05, 3.63) is 46.2 Å². The summed E-state index contributed by atoms with van der Waals surface area (Å²) in [7, 11) is 0. The molecule has 1 amide bonds. The third-order valence-corrected chi connectivity index (χ3v) is 4.89. The van der Waals surface area contributed by atoms with Gasteiger partial charge in [-0.2, -0.15) is 5.10 Å². The van der Waals surface area contributed by atoms with Crippen LogP contribution in [0.4, 0.5) is 0 Å². The van der Waals surface area contributed by atoms with E-state index in [9.17, 15) is 9.90 Å². The second-order valence-electron chi connectivity index (χ2n) is 6.01. The van der Waals surface area contributed by atoms with E-state index in [4.69, 9.17) is 0 Å². The monoisotopic (exact) mass is 377 g/mol. The summed E-state index contributed by atoms with van der Waals surface area (Å²) >= 11 is 3.41. The number of carbonyl (C=O) groups excluding carboxylic acids is 1. The normalized spacial score (nSPS) is 21.2. The highest BCUT2D eigenvalue weighted by Gasteiger charge is 2.23. The molecule has 23 heavy (non-hydrogen) atoms. The molecule has 1 aromatic carbocycles. The van der Waals surface area contributed by atoms with Gasteiger partial charge in [0.15, 0.2) is 0 Å². The standard InChI is InChI=1S/C17H20BrN3O2/c1-11-16(17(23)20-13-4-8-15(22)9-5-13)10-19-21(11)14-6-2-12(18)3-7-14/h2-3,6-7,10,13,15,22H,4-5,8-9H2,1H3,(H,20,23). The zero-order valence-corrected chi connectivity index (χ0v) is 14.6. The van der Waals surface area contributed by atoms with E-state index < -0.39 is 0 Å². The highest BCUT2D eigenvalue weighted by atomic mass is 79.9. The molecule has 0 radical (unpaired) electrons. The van der Waals surface area contributed by atoms with Crippen LogP contribution in [0.15, 0.2) is 34.9 Å². The first-order chi connectivity index (χ1) is 11.0. The summed E-state index contributed by atoms with van der Waals surface area (Å²) in [5.41, 5.74) is 2.34. The van der Waals surface area contributed by atoms with Gasteiger partial charge in [0.1, 0.15) is 0 Å². The van der Waals surface area contributed by atoms with Gasteiger partial charge in [0.25, 0.3) is 5.91 Å². The van der Waals surface area contributed by atoms with Crippen molar-refractivity contribution >= 4 is 21.8 Å². The van der Waals surface area contributed by atoms with Gasteiger partial charge in [0, 0.05) is 10.5 Å². The Morgan fingerprint density at radius 1 is 1.26 bits per heavy atom. The van der Waals surface area contributed by atoms with Gasteiger partial charge in [-0.1, -0.05) is 15.9 Å². The van der Waals surface area contributed by atoms with E-state index in [1.165, 1.54) is 0 Å². The minimum Gasteiger partial charge on any atom is -0.393 e. The van der Waals surface area contributed by atoms with Crippen molar-refractivity contribution in [3.63, 3.8) is 0 Å². The lowest BCUT2D eigenvalue weighted by Gasteiger charge is -2.26. The summed E-state index contributed by atoms with van der Waals surface area (Å²) in [6.45, 7) is 1.90. The molecule has 3 rings (SSSR count). The molecule has 0 aliphatic heterocycles. The number of hydrogen-bond donors (Lipinski definition) is 2. The molecule has 122 valence electrons. The molecule has 1 aromatic heterocycles. The Morgan fingerprint density at radius 2 is 1.91 bits per heavy atom. The lowest BCUT2D eigenvalue weighted by atomic mass is 9.93. The van der Waals surface area contributed by atoms with Crippen LogP contribution in [0.1, 0.15) is 41.7 Å². The molecular weight excluding hydrogens is 358 g/mol. The number of benzene rings is 1. The van der Waals surface area contributed by atoms with Crippen LogP contribution in [0.25, 0.3) is 5.69 Å². The van der Waals surface area contributed by atoms with Crippen molar-refractivity contribution in [2.45, 2.75) is 44.8 Å². The van der Waals surface area contributed by atoms with Crippen molar-refractivity contribution in [1.29, 1.82) is 0 Å². The Kier molecular flexibility index (Phi) is 4.82. The molecule has 0 bridgehead atoms. The van der Waals surface area contributed by atoms with Crippen LogP contribution in [-0.2, 0) is 0 Å². The summed E-state index contributed by atoms with van der Waals surface area (Å²) in [5.74, 6) is -0.0905. The van der Waals surface area contributed by atoms with Crippen LogP contribution in [0, 0.1) is 6.92 Å². The maximum Gasteiger partial charge on any atom is 0.254 e. The van der Waals surface area contributed by atoms with E-state index in [0.29, 0.717) is 5.56 Å². The first-order valence-corrected chi connectivity index (χ1v) is 8.63.